The van der Waals surface area contributed by atoms with Crippen LogP contribution in [0.25, 0.3) is 11.1 Å². The molecular formula is C15H17NOS. The fourth-order valence-electron chi connectivity index (χ4n) is 2.09. The van der Waals surface area contributed by atoms with E-state index in [9.17, 15) is 4.79 Å². The first-order valence-corrected chi connectivity index (χ1v) is 6.97. The van der Waals surface area contributed by atoms with Crippen molar-refractivity contribution >= 4 is 17.1 Å². The van der Waals surface area contributed by atoms with Gasteiger partial charge in [0.25, 0.3) is 0 Å². The van der Waals surface area contributed by atoms with Gasteiger partial charge in [0.2, 0.25) is 0 Å². The minimum atomic E-state index is 0.126. The molecule has 94 valence electrons. The highest BCUT2D eigenvalue weighted by molar-refractivity contribution is 7.08. The first kappa shape index (κ1) is 13.0. The van der Waals surface area contributed by atoms with Gasteiger partial charge in [-0.1, -0.05) is 24.3 Å². The standard InChI is InChI=1S/C15H17NOS/c1-11(17)7-15(9-16)13-4-2-3-12(8-13)14-5-6-18-10-14/h2-6,8,10,15H,7,9,16H2,1H3/t15-/m1/s1. The molecule has 0 aliphatic heterocycles. The van der Waals surface area contributed by atoms with Crippen molar-refractivity contribution in [3.63, 3.8) is 0 Å². The van der Waals surface area contributed by atoms with Crippen LogP contribution in [-0.4, -0.2) is 12.3 Å². The van der Waals surface area contributed by atoms with Crippen molar-refractivity contribution in [2.75, 3.05) is 6.54 Å². The summed E-state index contributed by atoms with van der Waals surface area (Å²) in [7, 11) is 0. The third-order valence-corrected chi connectivity index (χ3v) is 3.71. The molecule has 3 heteroatoms. The Balaban J connectivity index is 2.28. The molecule has 0 bridgehead atoms. The van der Waals surface area contributed by atoms with Crippen molar-refractivity contribution in [1.82, 2.24) is 0 Å². The molecule has 0 saturated carbocycles. The predicted molar refractivity (Wildman–Crippen MR) is 76.8 cm³/mol. The number of Topliss-reactive ketones (excluding diaryl/α,β-unsaturated/α-hetero) is 1. The molecule has 0 saturated heterocycles. The van der Waals surface area contributed by atoms with Gasteiger partial charge in [0.1, 0.15) is 5.78 Å². The molecule has 0 amide bonds. The van der Waals surface area contributed by atoms with Gasteiger partial charge in [-0.25, -0.2) is 0 Å². The van der Waals surface area contributed by atoms with Crippen LogP contribution in [0.5, 0.6) is 0 Å². The average Bonchev–Trinajstić information content (AvgIpc) is 2.89. The van der Waals surface area contributed by atoms with Crippen LogP contribution >= 0.6 is 11.3 Å². The zero-order valence-electron chi connectivity index (χ0n) is 10.4. The van der Waals surface area contributed by atoms with Crippen LogP contribution in [0.3, 0.4) is 0 Å². The summed E-state index contributed by atoms with van der Waals surface area (Å²) in [6.07, 6.45) is 0.517. The second kappa shape index (κ2) is 5.94. The molecule has 0 spiro atoms. The summed E-state index contributed by atoms with van der Waals surface area (Å²) in [4.78, 5) is 11.2. The van der Waals surface area contributed by atoms with E-state index in [1.54, 1.807) is 18.3 Å². The Kier molecular flexibility index (Phi) is 4.28. The minimum Gasteiger partial charge on any atom is -0.330 e. The first-order valence-electron chi connectivity index (χ1n) is 6.02. The summed E-state index contributed by atoms with van der Waals surface area (Å²) >= 11 is 1.69. The van der Waals surface area contributed by atoms with Crippen molar-refractivity contribution in [3.8, 4) is 11.1 Å². The van der Waals surface area contributed by atoms with Crippen LogP contribution in [0.4, 0.5) is 0 Å². The molecule has 1 heterocycles. The lowest BCUT2D eigenvalue weighted by molar-refractivity contribution is -0.117. The van der Waals surface area contributed by atoms with Gasteiger partial charge >= 0.3 is 0 Å². The van der Waals surface area contributed by atoms with Gasteiger partial charge < -0.3 is 10.5 Å². The number of benzene rings is 1. The Hall–Kier alpha value is -1.45. The Morgan fingerprint density at radius 1 is 1.33 bits per heavy atom. The summed E-state index contributed by atoms with van der Waals surface area (Å²) in [6, 6.07) is 10.4. The van der Waals surface area contributed by atoms with Crippen molar-refractivity contribution in [3.05, 3.63) is 46.7 Å². The first-order chi connectivity index (χ1) is 8.70. The monoisotopic (exact) mass is 259 g/mol. The molecule has 2 rings (SSSR count). The molecular weight excluding hydrogens is 242 g/mol. The van der Waals surface area contributed by atoms with Gasteiger partial charge in [0.05, 0.1) is 0 Å². The molecule has 0 aliphatic rings. The molecule has 0 unspecified atom stereocenters. The fourth-order valence-corrected chi connectivity index (χ4v) is 2.75. The Bertz CT molecular complexity index is 519. The number of thiophene rings is 1. The average molecular weight is 259 g/mol. The van der Waals surface area contributed by atoms with E-state index >= 15 is 0 Å². The van der Waals surface area contributed by atoms with E-state index in [1.165, 1.54) is 11.1 Å². The molecule has 0 radical (unpaired) electrons. The molecule has 2 N–H and O–H groups in total. The van der Waals surface area contributed by atoms with E-state index in [2.05, 4.69) is 35.0 Å². The van der Waals surface area contributed by atoms with Crippen LogP contribution in [0.15, 0.2) is 41.1 Å². The van der Waals surface area contributed by atoms with Crippen LogP contribution in [0.2, 0.25) is 0 Å². The number of nitrogens with two attached hydrogens (primary N) is 1. The number of carbonyl (C=O) groups excluding carboxylic acids is 1. The highest BCUT2D eigenvalue weighted by atomic mass is 32.1. The second-order valence-electron chi connectivity index (χ2n) is 4.48. The van der Waals surface area contributed by atoms with Gasteiger partial charge in [-0.05, 0) is 47.0 Å². The second-order valence-corrected chi connectivity index (χ2v) is 5.26. The zero-order valence-corrected chi connectivity index (χ0v) is 11.2. The highest BCUT2D eigenvalue weighted by Gasteiger charge is 2.12. The van der Waals surface area contributed by atoms with Gasteiger partial charge in [-0.15, -0.1) is 0 Å². The fraction of sp³-hybridized carbons (Fsp3) is 0.267. The molecule has 0 aliphatic carbocycles. The molecule has 18 heavy (non-hydrogen) atoms. The van der Waals surface area contributed by atoms with E-state index in [-0.39, 0.29) is 11.7 Å². The van der Waals surface area contributed by atoms with E-state index < -0.39 is 0 Å². The molecule has 2 aromatic rings. The topological polar surface area (TPSA) is 43.1 Å². The van der Waals surface area contributed by atoms with Crippen molar-refractivity contribution in [2.24, 2.45) is 5.73 Å². The Labute approximate surface area is 111 Å². The van der Waals surface area contributed by atoms with Gasteiger partial charge in [-0.3, -0.25) is 0 Å². The normalized spacial score (nSPS) is 12.3. The predicted octanol–water partition coefficient (Wildman–Crippen LogP) is 3.44. The molecule has 0 fully saturated rings. The van der Waals surface area contributed by atoms with Gasteiger partial charge in [-0.2, -0.15) is 11.3 Å². The van der Waals surface area contributed by atoms with Crippen molar-refractivity contribution < 1.29 is 4.79 Å². The smallest absolute Gasteiger partial charge is 0.130 e. The van der Waals surface area contributed by atoms with Crippen LogP contribution in [0, 0.1) is 0 Å². The maximum absolute atomic E-state index is 11.2. The third kappa shape index (κ3) is 3.06. The maximum Gasteiger partial charge on any atom is 0.130 e. The quantitative estimate of drug-likeness (QED) is 0.894. The number of rotatable bonds is 5. The van der Waals surface area contributed by atoms with Crippen molar-refractivity contribution in [1.29, 1.82) is 0 Å². The summed E-state index contributed by atoms with van der Waals surface area (Å²) in [6.45, 7) is 2.12. The summed E-state index contributed by atoms with van der Waals surface area (Å²) in [5.74, 6) is 0.312. The van der Waals surface area contributed by atoms with Gasteiger partial charge in [0.15, 0.2) is 0 Å². The summed E-state index contributed by atoms with van der Waals surface area (Å²) in [5, 5.41) is 4.19. The summed E-state index contributed by atoms with van der Waals surface area (Å²) in [5.41, 5.74) is 9.33. The third-order valence-electron chi connectivity index (χ3n) is 3.03. The van der Waals surface area contributed by atoms with E-state index in [0.717, 1.165) is 5.56 Å². The highest BCUT2D eigenvalue weighted by Crippen LogP contribution is 2.27. The summed E-state index contributed by atoms with van der Waals surface area (Å²) < 4.78 is 0. The lowest BCUT2D eigenvalue weighted by Crippen LogP contribution is -2.15. The Morgan fingerprint density at radius 2 is 2.17 bits per heavy atom. The SMILES string of the molecule is CC(=O)C[C@H](CN)c1cccc(-c2ccsc2)c1. The number of hydrogen-bond donors (Lipinski definition) is 1. The molecule has 1 aromatic heterocycles. The number of carbonyl (C=O) groups is 1. The van der Waals surface area contributed by atoms with Gasteiger partial charge in [0, 0.05) is 12.3 Å². The molecule has 1 atom stereocenters. The van der Waals surface area contributed by atoms with Crippen LogP contribution in [0.1, 0.15) is 24.8 Å². The molecule has 1 aromatic carbocycles. The lowest BCUT2D eigenvalue weighted by Gasteiger charge is -2.14. The Morgan fingerprint density at radius 3 is 2.78 bits per heavy atom. The van der Waals surface area contributed by atoms with Crippen LogP contribution in [-0.2, 0) is 4.79 Å². The lowest BCUT2D eigenvalue weighted by atomic mass is 9.92. The van der Waals surface area contributed by atoms with Crippen molar-refractivity contribution in [2.45, 2.75) is 19.3 Å². The maximum atomic E-state index is 11.2. The number of ketones is 1. The number of hydrogen-bond acceptors (Lipinski definition) is 3. The van der Waals surface area contributed by atoms with E-state index in [4.69, 9.17) is 5.73 Å². The van der Waals surface area contributed by atoms with E-state index in [0.29, 0.717) is 13.0 Å². The largest absolute Gasteiger partial charge is 0.330 e. The van der Waals surface area contributed by atoms with Crippen LogP contribution < -0.4 is 5.73 Å². The molecule has 2 nitrogen and oxygen atoms in total. The minimum absolute atomic E-state index is 0.126. The zero-order chi connectivity index (χ0) is 13.0. The van der Waals surface area contributed by atoms with E-state index in [1.807, 2.05) is 6.07 Å².